The molecule has 5 heteroatoms. The summed E-state index contributed by atoms with van der Waals surface area (Å²) < 4.78 is 11.4. The molecular formula is C19H20N2O3. The van der Waals surface area contributed by atoms with E-state index >= 15 is 0 Å². The van der Waals surface area contributed by atoms with Crippen molar-refractivity contribution in [2.24, 2.45) is 0 Å². The molecule has 0 bridgehead atoms. The fourth-order valence-electron chi connectivity index (χ4n) is 3.24. The average Bonchev–Trinajstić information content (AvgIpc) is 3.24. The number of carbonyl (C=O) groups excluding carboxylic acids is 1. The van der Waals surface area contributed by atoms with E-state index in [0.717, 1.165) is 47.6 Å². The summed E-state index contributed by atoms with van der Waals surface area (Å²) in [5.74, 6) is 1.68. The van der Waals surface area contributed by atoms with E-state index in [1.54, 1.807) is 0 Å². The van der Waals surface area contributed by atoms with Gasteiger partial charge in [0, 0.05) is 30.5 Å². The molecule has 0 saturated carbocycles. The smallest absolute Gasteiger partial charge is 0.319 e. The molecule has 2 aromatic rings. The Balaban J connectivity index is 1.43. The Kier molecular flexibility index (Phi) is 3.99. The van der Waals surface area contributed by atoms with Crippen molar-refractivity contribution in [3.8, 4) is 11.5 Å². The van der Waals surface area contributed by atoms with Crippen molar-refractivity contribution in [2.75, 3.05) is 25.1 Å². The third-order valence-electron chi connectivity index (χ3n) is 4.43. The van der Waals surface area contributed by atoms with Crippen molar-refractivity contribution >= 4 is 11.7 Å². The van der Waals surface area contributed by atoms with Crippen molar-refractivity contribution in [3.05, 3.63) is 53.1 Å². The molecule has 0 unspecified atom stereocenters. The number of rotatable bonds is 4. The van der Waals surface area contributed by atoms with Crippen LogP contribution in [0.4, 0.5) is 10.5 Å². The summed E-state index contributed by atoms with van der Waals surface area (Å²) in [6.07, 6.45) is 2.46. The quantitative estimate of drug-likeness (QED) is 0.909. The van der Waals surface area contributed by atoms with E-state index in [0.29, 0.717) is 19.8 Å². The molecule has 0 aliphatic carbocycles. The summed E-state index contributed by atoms with van der Waals surface area (Å²) in [5, 5.41) is 5.89. The van der Waals surface area contributed by atoms with Gasteiger partial charge in [-0.2, -0.15) is 0 Å². The zero-order chi connectivity index (χ0) is 16.4. The fourth-order valence-corrected chi connectivity index (χ4v) is 3.24. The fraction of sp³-hybridized carbons (Fsp3) is 0.316. The molecule has 2 aliphatic rings. The van der Waals surface area contributed by atoms with Gasteiger partial charge in [0.05, 0.1) is 18.9 Å². The molecule has 0 fully saturated rings. The van der Waals surface area contributed by atoms with Crippen molar-refractivity contribution in [1.29, 1.82) is 0 Å². The van der Waals surface area contributed by atoms with E-state index in [2.05, 4.69) is 22.8 Å². The first-order chi connectivity index (χ1) is 11.8. The summed E-state index contributed by atoms with van der Waals surface area (Å²) >= 11 is 0. The van der Waals surface area contributed by atoms with E-state index in [1.165, 1.54) is 5.56 Å². The second kappa shape index (κ2) is 6.43. The molecular weight excluding hydrogens is 304 g/mol. The molecule has 0 radical (unpaired) electrons. The molecule has 0 spiro atoms. The lowest BCUT2D eigenvalue weighted by Crippen LogP contribution is -2.31. The summed E-state index contributed by atoms with van der Waals surface area (Å²) in [6.45, 7) is 1.90. The Morgan fingerprint density at radius 1 is 1.08 bits per heavy atom. The molecule has 0 atom stereocenters. The zero-order valence-electron chi connectivity index (χ0n) is 13.4. The molecule has 4 rings (SSSR count). The minimum atomic E-state index is -0.205. The van der Waals surface area contributed by atoms with Crippen LogP contribution in [0.3, 0.4) is 0 Å². The standard InChI is InChI=1S/C19H20N2O3/c22-19(20-9-6-13-4-2-1-3-5-13)21-17-15-8-11-23-16(15)12-14-7-10-24-18(14)17/h1-5,12H,6-11H2,(H2,20,21,22). The predicted octanol–water partition coefficient (Wildman–Crippen LogP) is 2.92. The van der Waals surface area contributed by atoms with Crippen LogP contribution in [0, 0.1) is 0 Å². The van der Waals surface area contributed by atoms with Gasteiger partial charge in [0.1, 0.15) is 11.5 Å². The van der Waals surface area contributed by atoms with Gasteiger partial charge in [0.25, 0.3) is 0 Å². The average molecular weight is 324 g/mol. The van der Waals surface area contributed by atoms with Crippen LogP contribution >= 0.6 is 0 Å². The maximum Gasteiger partial charge on any atom is 0.319 e. The highest BCUT2D eigenvalue weighted by atomic mass is 16.5. The van der Waals surface area contributed by atoms with Crippen molar-refractivity contribution in [3.63, 3.8) is 0 Å². The minimum Gasteiger partial charge on any atom is -0.493 e. The normalized spacial score (nSPS) is 14.3. The number of ether oxygens (including phenoxy) is 2. The number of carbonyl (C=O) groups is 1. The van der Waals surface area contributed by atoms with Gasteiger partial charge in [0.15, 0.2) is 0 Å². The SMILES string of the molecule is O=C(NCCc1ccccc1)Nc1c2c(cc3c1OCC3)OCC2. The number of amides is 2. The number of hydrogen-bond acceptors (Lipinski definition) is 3. The van der Waals surface area contributed by atoms with E-state index in [9.17, 15) is 4.79 Å². The Labute approximate surface area is 141 Å². The monoisotopic (exact) mass is 324 g/mol. The van der Waals surface area contributed by atoms with E-state index in [-0.39, 0.29) is 6.03 Å². The molecule has 2 N–H and O–H groups in total. The van der Waals surface area contributed by atoms with Gasteiger partial charge in [-0.3, -0.25) is 0 Å². The largest absolute Gasteiger partial charge is 0.493 e. The number of fused-ring (bicyclic) bond motifs is 2. The Hall–Kier alpha value is -2.69. The van der Waals surface area contributed by atoms with Gasteiger partial charge >= 0.3 is 6.03 Å². The molecule has 2 amide bonds. The summed E-state index contributed by atoms with van der Waals surface area (Å²) in [7, 11) is 0. The summed E-state index contributed by atoms with van der Waals surface area (Å²) in [6, 6.07) is 11.9. The van der Waals surface area contributed by atoms with Crippen molar-refractivity contribution in [2.45, 2.75) is 19.3 Å². The number of nitrogens with one attached hydrogen (secondary N) is 2. The van der Waals surface area contributed by atoms with Gasteiger partial charge in [-0.05, 0) is 18.1 Å². The minimum absolute atomic E-state index is 0.205. The van der Waals surface area contributed by atoms with E-state index in [4.69, 9.17) is 9.47 Å². The number of hydrogen-bond donors (Lipinski definition) is 2. The Morgan fingerprint density at radius 2 is 1.92 bits per heavy atom. The third kappa shape index (κ3) is 2.89. The third-order valence-corrected chi connectivity index (χ3v) is 4.43. The lowest BCUT2D eigenvalue weighted by molar-refractivity contribution is 0.252. The lowest BCUT2D eigenvalue weighted by Gasteiger charge is -2.14. The Morgan fingerprint density at radius 3 is 2.79 bits per heavy atom. The highest BCUT2D eigenvalue weighted by Crippen LogP contribution is 2.44. The molecule has 2 aliphatic heterocycles. The maximum atomic E-state index is 12.3. The van der Waals surface area contributed by atoms with Crippen LogP contribution in [0.25, 0.3) is 0 Å². The topological polar surface area (TPSA) is 59.6 Å². The van der Waals surface area contributed by atoms with Gasteiger partial charge < -0.3 is 20.1 Å². The van der Waals surface area contributed by atoms with Crippen molar-refractivity contribution in [1.82, 2.24) is 5.32 Å². The van der Waals surface area contributed by atoms with Crippen LogP contribution < -0.4 is 20.1 Å². The second-order valence-electron chi connectivity index (χ2n) is 6.03. The zero-order valence-corrected chi connectivity index (χ0v) is 13.4. The molecule has 5 nitrogen and oxygen atoms in total. The van der Waals surface area contributed by atoms with Crippen LogP contribution in [-0.4, -0.2) is 25.8 Å². The number of urea groups is 1. The number of anilines is 1. The van der Waals surface area contributed by atoms with Gasteiger partial charge in [0.2, 0.25) is 0 Å². The van der Waals surface area contributed by atoms with Gasteiger partial charge in [-0.25, -0.2) is 4.79 Å². The van der Waals surface area contributed by atoms with E-state index in [1.807, 2.05) is 24.3 Å². The van der Waals surface area contributed by atoms with Crippen LogP contribution in [0.15, 0.2) is 36.4 Å². The lowest BCUT2D eigenvalue weighted by atomic mass is 10.0. The number of benzene rings is 2. The van der Waals surface area contributed by atoms with Gasteiger partial charge in [-0.15, -0.1) is 0 Å². The predicted molar refractivity (Wildman–Crippen MR) is 92.0 cm³/mol. The van der Waals surface area contributed by atoms with E-state index < -0.39 is 0 Å². The first-order valence-electron chi connectivity index (χ1n) is 8.34. The first kappa shape index (κ1) is 14.9. The second-order valence-corrected chi connectivity index (χ2v) is 6.03. The van der Waals surface area contributed by atoms with Crippen LogP contribution in [0.1, 0.15) is 16.7 Å². The van der Waals surface area contributed by atoms with Crippen LogP contribution in [0.2, 0.25) is 0 Å². The molecule has 2 heterocycles. The molecule has 2 aromatic carbocycles. The molecule has 0 saturated heterocycles. The summed E-state index contributed by atoms with van der Waals surface area (Å²) in [4.78, 5) is 12.3. The van der Waals surface area contributed by atoms with Gasteiger partial charge in [-0.1, -0.05) is 30.3 Å². The van der Waals surface area contributed by atoms with Crippen LogP contribution in [-0.2, 0) is 19.3 Å². The molecule has 0 aromatic heterocycles. The first-order valence-corrected chi connectivity index (χ1v) is 8.34. The summed E-state index contributed by atoms with van der Waals surface area (Å²) in [5.41, 5.74) is 4.12. The maximum absolute atomic E-state index is 12.3. The Bertz CT molecular complexity index is 727. The van der Waals surface area contributed by atoms with Crippen molar-refractivity contribution < 1.29 is 14.3 Å². The highest BCUT2D eigenvalue weighted by molar-refractivity contribution is 5.93. The molecule has 24 heavy (non-hydrogen) atoms. The van der Waals surface area contributed by atoms with Crippen LogP contribution in [0.5, 0.6) is 11.5 Å². The highest BCUT2D eigenvalue weighted by Gasteiger charge is 2.27. The molecule has 124 valence electrons.